The van der Waals surface area contributed by atoms with Gasteiger partial charge in [-0.15, -0.1) is 0 Å². The average Bonchev–Trinajstić information content (AvgIpc) is 2.33. The number of hydrogen-bond acceptors (Lipinski definition) is 5. The molecule has 16 heavy (non-hydrogen) atoms. The lowest BCUT2D eigenvalue weighted by Gasteiger charge is -2.36. The first-order chi connectivity index (χ1) is 7.70. The van der Waals surface area contributed by atoms with Crippen molar-refractivity contribution in [1.29, 1.82) is 0 Å². The molecule has 3 N–H and O–H groups in total. The molecule has 1 aromatic heterocycles. The Kier molecular flexibility index (Phi) is 3.24. The van der Waals surface area contributed by atoms with Gasteiger partial charge in [-0.05, 0) is 18.3 Å². The van der Waals surface area contributed by atoms with E-state index in [1.54, 1.807) is 6.33 Å². The maximum absolute atomic E-state index is 5.34. The Morgan fingerprint density at radius 2 is 2.19 bits per heavy atom. The molecule has 1 saturated heterocycles. The number of rotatable bonds is 2. The van der Waals surface area contributed by atoms with Gasteiger partial charge in [-0.1, -0.05) is 13.8 Å². The number of hydrazine groups is 1. The van der Waals surface area contributed by atoms with E-state index >= 15 is 0 Å². The monoisotopic (exact) mass is 221 g/mol. The van der Waals surface area contributed by atoms with Gasteiger partial charge in [-0.25, -0.2) is 15.8 Å². The second kappa shape index (κ2) is 4.65. The number of piperidine rings is 1. The second-order valence-corrected chi connectivity index (χ2v) is 4.60. The van der Waals surface area contributed by atoms with Crippen molar-refractivity contribution < 1.29 is 0 Å². The minimum atomic E-state index is 0.663. The summed E-state index contributed by atoms with van der Waals surface area (Å²) in [6.07, 6.45) is 2.77. The van der Waals surface area contributed by atoms with Gasteiger partial charge in [-0.2, -0.15) is 0 Å². The summed E-state index contributed by atoms with van der Waals surface area (Å²) in [4.78, 5) is 10.6. The zero-order chi connectivity index (χ0) is 11.5. The lowest BCUT2D eigenvalue weighted by molar-refractivity contribution is 0.323. The van der Waals surface area contributed by atoms with E-state index in [4.69, 9.17) is 5.84 Å². The SMILES string of the molecule is CC1CCN(c2cc(NN)ncn2)CC1C. The Morgan fingerprint density at radius 3 is 2.88 bits per heavy atom. The van der Waals surface area contributed by atoms with Crippen LogP contribution in [0.15, 0.2) is 12.4 Å². The molecule has 1 aliphatic rings. The van der Waals surface area contributed by atoms with E-state index in [-0.39, 0.29) is 0 Å². The van der Waals surface area contributed by atoms with E-state index in [1.165, 1.54) is 6.42 Å². The van der Waals surface area contributed by atoms with Gasteiger partial charge in [0.15, 0.2) is 0 Å². The van der Waals surface area contributed by atoms with Crippen LogP contribution in [0.25, 0.3) is 0 Å². The predicted octanol–water partition coefficient (Wildman–Crippen LogP) is 1.24. The van der Waals surface area contributed by atoms with Gasteiger partial charge in [0.05, 0.1) is 0 Å². The van der Waals surface area contributed by atoms with Crippen molar-refractivity contribution in [2.75, 3.05) is 23.4 Å². The number of anilines is 2. The second-order valence-electron chi connectivity index (χ2n) is 4.60. The van der Waals surface area contributed by atoms with E-state index in [1.807, 2.05) is 6.07 Å². The summed E-state index contributed by atoms with van der Waals surface area (Å²) < 4.78 is 0. The van der Waals surface area contributed by atoms with E-state index in [0.717, 1.165) is 24.8 Å². The molecule has 2 atom stereocenters. The molecule has 2 rings (SSSR count). The van der Waals surface area contributed by atoms with Gasteiger partial charge >= 0.3 is 0 Å². The first-order valence-corrected chi connectivity index (χ1v) is 5.74. The van der Waals surface area contributed by atoms with Crippen LogP contribution in [0.4, 0.5) is 11.6 Å². The number of hydrogen-bond donors (Lipinski definition) is 2. The van der Waals surface area contributed by atoms with Crippen molar-refractivity contribution in [2.45, 2.75) is 20.3 Å². The van der Waals surface area contributed by atoms with Crippen molar-refractivity contribution in [1.82, 2.24) is 9.97 Å². The van der Waals surface area contributed by atoms with Crippen LogP contribution < -0.4 is 16.2 Å². The summed E-state index contributed by atoms with van der Waals surface area (Å²) in [6, 6.07) is 1.89. The summed E-state index contributed by atoms with van der Waals surface area (Å²) in [5.74, 6) is 8.46. The van der Waals surface area contributed by atoms with Crippen LogP contribution in [0.3, 0.4) is 0 Å². The van der Waals surface area contributed by atoms with Gasteiger partial charge in [0.2, 0.25) is 0 Å². The highest BCUT2D eigenvalue weighted by molar-refractivity contribution is 5.48. The predicted molar refractivity (Wildman–Crippen MR) is 65.0 cm³/mol. The summed E-state index contributed by atoms with van der Waals surface area (Å²) in [5.41, 5.74) is 2.55. The number of nitrogen functional groups attached to an aromatic ring is 1. The van der Waals surface area contributed by atoms with Crippen LogP contribution in [-0.2, 0) is 0 Å². The molecular weight excluding hydrogens is 202 g/mol. The molecule has 0 radical (unpaired) electrons. The Hall–Kier alpha value is -1.36. The molecule has 5 nitrogen and oxygen atoms in total. The number of nitrogens with one attached hydrogen (secondary N) is 1. The molecule has 0 amide bonds. The number of nitrogens with two attached hydrogens (primary N) is 1. The molecule has 0 bridgehead atoms. The van der Waals surface area contributed by atoms with Gasteiger partial charge < -0.3 is 10.3 Å². The van der Waals surface area contributed by atoms with Gasteiger partial charge in [-0.3, -0.25) is 0 Å². The first-order valence-electron chi connectivity index (χ1n) is 5.74. The quantitative estimate of drug-likeness (QED) is 0.581. The molecule has 88 valence electrons. The highest BCUT2D eigenvalue weighted by atomic mass is 15.3. The molecule has 2 unspecified atom stereocenters. The Labute approximate surface area is 96.0 Å². The van der Waals surface area contributed by atoms with Crippen molar-refractivity contribution in [3.63, 3.8) is 0 Å². The number of nitrogens with zero attached hydrogens (tertiary/aromatic N) is 3. The fourth-order valence-electron chi connectivity index (χ4n) is 2.07. The van der Waals surface area contributed by atoms with Crippen LogP contribution in [0, 0.1) is 11.8 Å². The van der Waals surface area contributed by atoms with E-state index in [0.29, 0.717) is 11.7 Å². The first kappa shape index (κ1) is 11.1. The maximum atomic E-state index is 5.34. The fraction of sp³-hybridized carbons (Fsp3) is 0.636. The molecule has 5 heteroatoms. The normalized spacial score (nSPS) is 25.6. The molecule has 1 fully saturated rings. The van der Waals surface area contributed by atoms with Gasteiger partial charge in [0.25, 0.3) is 0 Å². The molecule has 1 aromatic rings. The van der Waals surface area contributed by atoms with Crippen LogP contribution in [0.1, 0.15) is 20.3 Å². The summed E-state index contributed by atoms with van der Waals surface area (Å²) in [7, 11) is 0. The van der Waals surface area contributed by atoms with Gasteiger partial charge in [0.1, 0.15) is 18.0 Å². The minimum Gasteiger partial charge on any atom is -0.356 e. The number of aromatic nitrogens is 2. The summed E-state index contributed by atoms with van der Waals surface area (Å²) in [6.45, 7) is 6.73. The fourth-order valence-corrected chi connectivity index (χ4v) is 2.07. The smallest absolute Gasteiger partial charge is 0.145 e. The van der Waals surface area contributed by atoms with E-state index in [9.17, 15) is 0 Å². The van der Waals surface area contributed by atoms with Crippen LogP contribution in [-0.4, -0.2) is 23.1 Å². The zero-order valence-corrected chi connectivity index (χ0v) is 9.85. The Balaban J connectivity index is 2.12. The molecule has 0 aromatic carbocycles. The summed E-state index contributed by atoms with van der Waals surface area (Å²) >= 11 is 0. The largest absolute Gasteiger partial charge is 0.356 e. The van der Waals surface area contributed by atoms with Crippen LogP contribution in [0.2, 0.25) is 0 Å². The standard InChI is InChI=1S/C11H19N5/c1-8-3-4-16(6-9(8)2)11-5-10(15-12)13-7-14-11/h5,7-9H,3-4,6,12H2,1-2H3,(H,13,14,15). The molecule has 0 saturated carbocycles. The van der Waals surface area contributed by atoms with Crippen molar-refractivity contribution >= 4 is 11.6 Å². The highest BCUT2D eigenvalue weighted by Gasteiger charge is 2.23. The highest BCUT2D eigenvalue weighted by Crippen LogP contribution is 2.26. The molecule has 1 aliphatic heterocycles. The lowest BCUT2D eigenvalue weighted by Crippen LogP contribution is -2.38. The third-order valence-electron chi connectivity index (χ3n) is 3.46. The topological polar surface area (TPSA) is 67.1 Å². The maximum Gasteiger partial charge on any atom is 0.145 e. The average molecular weight is 221 g/mol. The van der Waals surface area contributed by atoms with Crippen molar-refractivity contribution in [2.24, 2.45) is 17.7 Å². The van der Waals surface area contributed by atoms with Crippen molar-refractivity contribution in [3.05, 3.63) is 12.4 Å². The summed E-state index contributed by atoms with van der Waals surface area (Å²) in [5, 5.41) is 0. The zero-order valence-electron chi connectivity index (χ0n) is 9.85. The molecule has 0 aliphatic carbocycles. The van der Waals surface area contributed by atoms with Crippen LogP contribution >= 0.6 is 0 Å². The third kappa shape index (κ3) is 2.24. The minimum absolute atomic E-state index is 0.663. The van der Waals surface area contributed by atoms with Crippen LogP contribution in [0.5, 0.6) is 0 Å². The molecule has 2 heterocycles. The van der Waals surface area contributed by atoms with Crippen molar-refractivity contribution in [3.8, 4) is 0 Å². The lowest BCUT2D eigenvalue weighted by atomic mass is 9.89. The Morgan fingerprint density at radius 1 is 1.38 bits per heavy atom. The van der Waals surface area contributed by atoms with E-state index in [2.05, 4.69) is 34.1 Å². The Bertz CT molecular complexity index is 354. The molecular formula is C11H19N5. The molecule has 0 spiro atoms. The van der Waals surface area contributed by atoms with Gasteiger partial charge in [0, 0.05) is 19.2 Å². The van der Waals surface area contributed by atoms with E-state index < -0.39 is 0 Å². The third-order valence-corrected chi connectivity index (χ3v) is 3.46.